The van der Waals surface area contributed by atoms with E-state index in [1.54, 1.807) is 0 Å². The predicted octanol–water partition coefficient (Wildman–Crippen LogP) is 17.1. The van der Waals surface area contributed by atoms with Crippen LogP contribution in [0.25, 0.3) is 0 Å². The number of carbonyl (C=O) groups is 6. The molecule has 0 aliphatic rings. The topological polar surface area (TPSA) is 218 Å². The first-order valence-electron chi connectivity index (χ1n) is 23.1. The summed E-state index contributed by atoms with van der Waals surface area (Å²) in [6.45, 7) is 2.01. The van der Waals surface area contributed by atoms with E-state index in [1.165, 1.54) is 72.8 Å². The third-order valence-corrected chi connectivity index (χ3v) is 12.8. The second-order valence-electron chi connectivity index (χ2n) is 17.0. The van der Waals surface area contributed by atoms with Crippen LogP contribution in [0.3, 0.4) is 0 Å². The predicted molar refractivity (Wildman–Crippen MR) is 296 cm³/mol. The molecule has 0 saturated heterocycles. The van der Waals surface area contributed by atoms with Gasteiger partial charge in [-0.15, -0.1) is 0 Å². The van der Waals surface area contributed by atoms with Gasteiger partial charge in [-0.05, 0) is 147 Å². The van der Waals surface area contributed by atoms with E-state index in [4.69, 9.17) is 79.1 Å². The molecule has 16 nitrogen and oxygen atoms in total. The van der Waals surface area contributed by atoms with E-state index in [9.17, 15) is 55.1 Å². The van der Waals surface area contributed by atoms with Gasteiger partial charge < -0.3 is 30.7 Å². The van der Waals surface area contributed by atoms with E-state index < -0.39 is 70.8 Å². The van der Waals surface area contributed by atoms with Gasteiger partial charge in [0.25, 0.3) is 23.6 Å². The maximum Gasteiger partial charge on any atom is 0.416 e. The number of ether oxygens (including phenoxy) is 2. The Morgan fingerprint density at radius 2 is 0.780 bits per heavy atom. The van der Waals surface area contributed by atoms with Crippen LogP contribution in [0.4, 0.5) is 60.5 Å². The maximum atomic E-state index is 13.7. The number of nitrogens with one attached hydrogen (secondary N) is 4. The summed E-state index contributed by atoms with van der Waals surface area (Å²) in [5.74, 6) is -5.72. The number of anilines is 4. The van der Waals surface area contributed by atoms with Crippen molar-refractivity contribution in [3.05, 3.63) is 186 Å². The zero-order valence-electron chi connectivity index (χ0n) is 41.4. The number of alkyl halides is 6. The number of hydrogen-bond acceptors (Lipinski definition) is 12. The zero-order chi connectivity index (χ0) is 59.8. The number of amides is 4. The Labute approximate surface area is 489 Å². The molecule has 0 saturated carbocycles. The fourth-order valence-electron chi connectivity index (χ4n) is 6.91. The Morgan fingerprint density at radius 3 is 1.11 bits per heavy atom. The van der Waals surface area contributed by atoms with Crippen LogP contribution in [0.2, 0.25) is 30.1 Å². The van der Waals surface area contributed by atoms with Gasteiger partial charge >= 0.3 is 12.4 Å². The van der Waals surface area contributed by atoms with Gasteiger partial charge in [0.15, 0.2) is 23.1 Å². The molecule has 2 atom stereocenters. The lowest BCUT2D eigenvalue weighted by molar-refractivity contribution is -0.138. The molecule has 2 unspecified atom stereocenters. The summed E-state index contributed by atoms with van der Waals surface area (Å²) in [6, 6.07) is 22.1. The molecule has 0 aromatic heterocycles. The molecule has 0 heterocycles. The maximum absolute atomic E-state index is 13.7. The van der Waals surface area contributed by atoms with Crippen molar-refractivity contribution in [1.29, 1.82) is 0 Å². The number of hydrogen-bond donors (Lipinski definition) is 4. The molecular formula is C54H34Cl6F6N8O8. The minimum absolute atomic E-state index is 0.121. The Balaban J connectivity index is 1.02. The molecule has 0 spiro atoms. The molecule has 0 bridgehead atoms. The summed E-state index contributed by atoms with van der Waals surface area (Å²) in [5, 5.41) is 24.9. The lowest BCUT2D eigenvalue weighted by Gasteiger charge is -2.16. The molecule has 4 N–H and O–H groups in total. The number of rotatable bonds is 18. The summed E-state index contributed by atoms with van der Waals surface area (Å²) in [4.78, 5) is 79.4. The van der Waals surface area contributed by atoms with Crippen LogP contribution >= 0.6 is 69.6 Å². The number of carbonyl (C=O) groups excluding carboxylic acids is 6. The highest BCUT2D eigenvalue weighted by molar-refractivity contribution is 6.38. The number of Topliss-reactive ketones (excluding diaryl/α,β-unsaturated/α-hetero) is 2. The Kier molecular flexibility index (Phi) is 19.7. The van der Waals surface area contributed by atoms with Crippen LogP contribution in [0.1, 0.15) is 45.7 Å². The normalized spacial score (nSPS) is 12.4. The van der Waals surface area contributed by atoms with Crippen molar-refractivity contribution in [3.63, 3.8) is 0 Å². The van der Waals surface area contributed by atoms with Gasteiger partial charge in [0, 0.05) is 21.2 Å². The van der Waals surface area contributed by atoms with E-state index in [-0.39, 0.29) is 88.3 Å². The fourth-order valence-corrected chi connectivity index (χ4v) is 7.90. The number of nitrogens with zero attached hydrogens (tertiary/aromatic N) is 4. The molecule has 7 rings (SSSR count). The Hall–Kier alpha value is -8.12. The van der Waals surface area contributed by atoms with Gasteiger partial charge in [0.1, 0.15) is 22.9 Å². The lowest BCUT2D eigenvalue weighted by Crippen LogP contribution is -2.32. The highest BCUT2D eigenvalue weighted by atomic mass is 35.5. The standard InChI is InChI=1S/C54H34Cl6F6N8O8/c1-25(75)47(73-71-41-19-27(3-15-35(41)57)49(77)69-43-21-29(53(61,62)63)5-17-45(43)81-33-11-7-31(55)8-12-33)51(79)67-39-23-38(60)40(24-37(39)59)68-52(80)48(26(2)76)74-72-42-20-28(4-16-36(42)58)50(78)70-44-22-30(54(64,65)66)6-18-46(44)82-34-13-9-32(56)10-14-34/h3-24,47-48H,1-2H3,(H,67,79)(H,68,80)(H,69,77)(H,70,78). The van der Waals surface area contributed by atoms with Crippen LogP contribution in [-0.2, 0) is 31.5 Å². The van der Waals surface area contributed by atoms with E-state index in [1.807, 2.05) is 0 Å². The van der Waals surface area contributed by atoms with Gasteiger partial charge in [-0.3, -0.25) is 28.8 Å². The smallest absolute Gasteiger partial charge is 0.416 e. The van der Waals surface area contributed by atoms with Crippen LogP contribution in [0, 0.1) is 0 Å². The molecular weight excluding hydrogens is 1220 g/mol. The first-order chi connectivity index (χ1) is 38.6. The quantitative estimate of drug-likeness (QED) is 0.0367. The second kappa shape index (κ2) is 26.2. The molecule has 0 aliphatic carbocycles. The van der Waals surface area contributed by atoms with Crippen molar-refractivity contribution in [3.8, 4) is 23.0 Å². The molecule has 4 amide bonds. The summed E-state index contributed by atoms with van der Waals surface area (Å²) in [5.41, 5.74) is -4.22. The molecule has 0 radical (unpaired) electrons. The van der Waals surface area contributed by atoms with Gasteiger partial charge in [0.05, 0.1) is 54.0 Å². The van der Waals surface area contributed by atoms with E-state index in [0.717, 1.165) is 62.4 Å². The SMILES string of the molecule is CC(=O)C(N=Nc1cc(C(=O)Nc2cc(C(F)(F)F)ccc2Oc2ccc(Cl)cc2)ccc1Cl)C(=O)Nc1cc(Cl)c(NC(=O)C(N=Nc2cc(C(=O)Nc3cc(C(F)(F)F)ccc3Oc3ccc(Cl)cc3)ccc2Cl)C(C)=O)cc1Cl. The van der Waals surface area contributed by atoms with Crippen LogP contribution in [0.15, 0.2) is 154 Å². The van der Waals surface area contributed by atoms with Crippen molar-refractivity contribution in [2.24, 2.45) is 20.5 Å². The molecule has 28 heteroatoms. The minimum Gasteiger partial charge on any atom is -0.455 e. The first kappa shape index (κ1) is 61.5. The third kappa shape index (κ3) is 16.1. The number of ketones is 2. The van der Waals surface area contributed by atoms with E-state index in [2.05, 4.69) is 41.7 Å². The van der Waals surface area contributed by atoms with Crippen molar-refractivity contribution in [1.82, 2.24) is 0 Å². The van der Waals surface area contributed by atoms with Crippen molar-refractivity contribution < 1.29 is 64.6 Å². The molecule has 0 aliphatic heterocycles. The average molecular weight is 1250 g/mol. The largest absolute Gasteiger partial charge is 0.455 e. The Morgan fingerprint density at radius 1 is 0.427 bits per heavy atom. The van der Waals surface area contributed by atoms with Crippen LogP contribution in [-0.4, -0.2) is 47.3 Å². The van der Waals surface area contributed by atoms with Gasteiger partial charge in [-0.2, -0.15) is 46.8 Å². The molecule has 7 aromatic rings. The monoisotopic (exact) mass is 1250 g/mol. The highest BCUT2D eigenvalue weighted by Crippen LogP contribution is 2.40. The van der Waals surface area contributed by atoms with Crippen molar-refractivity contribution in [2.75, 3.05) is 21.3 Å². The number of halogens is 12. The molecule has 0 fully saturated rings. The van der Waals surface area contributed by atoms with Crippen LogP contribution in [0.5, 0.6) is 23.0 Å². The van der Waals surface area contributed by atoms with Crippen molar-refractivity contribution >= 4 is 139 Å². The third-order valence-electron chi connectivity index (χ3n) is 11.0. The van der Waals surface area contributed by atoms with Gasteiger partial charge in [-0.1, -0.05) is 69.6 Å². The first-order valence-corrected chi connectivity index (χ1v) is 25.3. The lowest BCUT2D eigenvalue weighted by atomic mass is 10.1. The summed E-state index contributed by atoms with van der Waals surface area (Å²) in [7, 11) is 0. The number of azo groups is 2. The second-order valence-corrected chi connectivity index (χ2v) is 19.5. The van der Waals surface area contributed by atoms with E-state index in [0.29, 0.717) is 22.2 Å². The van der Waals surface area contributed by atoms with Gasteiger partial charge in [0.2, 0.25) is 12.1 Å². The summed E-state index contributed by atoms with van der Waals surface area (Å²) >= 11 is 37.4. The highest BCUT2D eigenvalue weighted by Gasteiger charge is 2.33. The summed E-state index contributed by atoms with van der Waals surface area (Å²) < 4.78 is 93.8. The minimum atomic E-state index is -4.79. The van der Waals surface area contributed by atoms with Gasteiger partial charge in [-0.25, -0.2) is 0 Å². The fraction of sp³-hybridized carbons (Fsp3) is 0.111. The number of benzene rings is 7. The van der Waals surface area contributed by atoms with Crippen LogP contribution < -0.4 is 30.7 Å². The van der Waals surface area contributed by atoms with E-state index >= 15 is 0 Å². The van der Waals surface area contributed by atoms with Crippen molar-refractivity contribution in [2.45, 2.75) is 38.3 Å². The molecule has 82 heavy (non-hydrogen) atoms. The Bertz CT molecular complexity index is 3480. The molecule has 7 aromatic carbocycles. The zero-order valence-corrected chi connectivity index (χ0v) is 46.0. The average Bonchev–Trinajstić information content (AvgIpc) is 3.61. The summed E-state index contributed by atoms with van der Waals surface area (Å²) in [6.07, 6.45) is -9.58. The molecule has 422 valence electrons.